The molecule has 0 amide bonds. The lowest BCUT2D eigenvalue weighted by Gasteiger charge is -2.19. The van der Waals surface area contributed by atoms with E-state index in [1.807, 2.05) is 0 Å². The van der Waals surface area contributed by atoms with Gasteiger partial charge in [0, 0.05) is 6.54 Å². The van der Waals surface area contributed by atoms with Crippen molar-refractivity contribution >= 4 is 32.6 Å². The number of aliphatic hydroxyl groups is 3. The number of imidazole rings is 1. The molecular formula is C14H23N5O11P2. The van der Waals surface area contributed by atoms with Crippen molar-refractivity contribution in [3.8, 4) is 0 Å². The highest BCUT2D eigenvalue weighted by atomic mass is 31.3. The standard InChI is InChI=1S/C14H23N5O11P2/c15-12-9-13(17-6-16-12)19(7-18-9)3-1-2-4-27-31(23,24)30-32(25,26)28-5-8-10(20)11(21)14(22)29-8/h6-8,10-11,14,20-22H,1-5H2,(H,23,24)(H,25,26)(H2,15,16,17)/t8-,10-,11-,14?/m1/s1. The molecular weight excluding hydrogens is 476 g/mol. The zero-order valence-corrected chi connectivity index (χ0v) is 18.2. The molecule has 1 saturated heterocycles. The van der Waals surface area contributed by atoms with Gasteiger partial charge in [0.2, 0.25) is 0 Å². The number of aliphatic hydroxyl groups excluding tert-OH is 3. The molecule has 0 radical (unpaired) electrons. The third-order valence-electron chi connectivity index (χ3n) is 4.42. The number of hydrogen-bond acceptors (Lipinski definition) is 13. The van der Waals surface area contributed by atoms with Gasteiger partial charge in [-0.05, 0) is 12.8 Å². The molecule has 3 heterocycles. The van der Waals surface area contributed by atoms with Gasteiger partial charge in [0.15, 0.2) is 17.8 Å². The van der Waals surface area contributed by atoms with Gasteiger partial charge in [0.1, 0.15) is 30.2 Å². The number of phosphoric acid groups is 2. The molecule has 0 aromatic carbocycles. The maximum absolute atomic E-state index is 11.9. The molecule has 3 rings (SSSR count). The summed E-state index contributed by atoms with van der Waals surface area (Å²) in [6.45, 7) is -0.647. The van der Waals surface area contributed by atoms with Crippen LogP contribution in [-0.4, -0.2) is 82.4 Å². The lowest BCUT2D eigenvalue weighted by molar-refractivity contribution is -0.132. The van der Waals surface area contributed by atoms with Gasteiger partial charge in [0.05, 0.1) is 19.5 Å². The summed E-state index contributed by atoms with van der Waals surface area (Å²) >= 11 is 0. The van der Waals surface area contributed by atoms with Gasteiger partial charge in [-0.3, -0.25) is 9.05 Å². The van der Waals surface area contributed by atoms with Crippen molar-refractivity contribution in [3.63, 3.8) is 0 Å². The van der Waals surface area contributed by atoms with Gasteiger partial charge in [-0.25, -0.2) is 24.1 Å². The number of ether oxygens (including phenoxy) is 1. The fourth-order valence-electron chi connectivity index (χ4n) is 2.84. The van der Waals surface area contributed by atoms with Crippen LogP contribution >= 0.6 is 15.6 Å². The highest BCUT2D eigenvalue weighted by molar-refractivity contribution is 7.61. The molecule has 32 heavy (non-hydrogen) atoms. The van der Waals surface area contributed by atoms with Crippen molar-refractivity contribution in [2.45, 2.75) is 44.0 Å². The average molecular weight is 499 g/mol. The Morgan fingerprint density at radius 2 is 1.78 bits per heavy atom. The van der Waals surface area contributed by atoms with Crippen LogP contribution in [0.15, 0.2) is 12.7 Å². The predicted octanol–water partition coefficient (Wildman–Crippen LogP) is -1.12. The second-order valence-electron chi connectivity index (χ2n) is 6.77. The first-order valence-electron chi connectivity index (χ1n) is 9.26. The Morgan fingerprint density at radius 1 is 1.06 bits per heavy atom. The van der Waals surface area contributed by atoms with E-state index in [0.717, 1.165) is 0 Å². The Morgan fingerprint density at radius 3 is 2.47 bits per heavy atom. The molecule has 0 spiro atoms. The molecule has 2 aromatic rings. The first-order valence-corrected chi connectivity index (χ1v) is 12.3. The van der Waals surface area contributed by atoms with E-state index in [4.69, 9.17) is 10.5 Å². The van der Waals surface area contributed by atoms with Crippen LogP contribution in [0.4, 0.5) is 5.82 Å². The molecule has 1 fully saturated rings. The summed E-state index contributed by atoms with van der Waals surface area (Å²) in [7, 11) is -10.0. The second kappa shape index (κ2) is 10.2. The van der Waals surface area contributed by atoms with Gasteiger partial charge in [-0.15, -0.1) is 0 Å². The summed E-state index contributed by atoms with van der Waals surface area (Å²) in [6, 6.07) is 0. The third-order valence-corrected chi connectivity index (χ3v) is 7.06. The fraction of sp³-hybridized carbons (Fsp3) is 0.643. The Balaban J connectivity index is 1.40. The minimum Gasteiger partial charge on any atom is -0.387 e. The van der Waals surface area contributed by atoms with Gasteiger partial charge < -0.3 is 40.1 Å². The van der Waals surface area contributed by atoms with Crippen molar-refractivity contribution in [3.05, 3.63) is 12.7 Å². The summed E-state index contributed by atoms with van der Waals surface area (Å²) in [4.78, 5) is 31.2. The minimum atomic E-state index is -5.09. The van der Waals surface area contributed by atoms with E-state index in [0.29, 0.717) is 24.1 Å². The first-order chi connectivity index (χ1) is 15.0. The topological polar surface area (TPSA) is 242 Å². The minimum absolute atomic E-state index is 0.243. The number of nitrogen functional groups attached to an aromatic ring is 1. The van der Waals surface area contributed by atoms with E-state index >= 15 is 0 Å². The SMILES string of the molecule is Nc1ncnc2c1ncn2CCCCOP(=O)(O)OP(=O)(O)OC[C@H]1OC(O)[C@H](O)[C@@H]1O. The van der Waals surface area contributed by atoms with Crippen LogP contribution in [0.5, 0.6) is 0 Å². The van der Waals surface area contributed by atoms with Crippen molar-refractivity contribution in [1.29, 1.82) is 0 Å². The zero-order chi connectivity index (χ0) is 23.5. The molecule has 180 valence electrons. The number of unbranched alkanes of at least 4 members (excludes halogenated alkanes) is 1. The molecule has 0 aliphatic carbocycles. The van der Waals surface area contributed by atoms with Crippen LogP contribution in [0.2, 0.25) is 0 Å². The number of fused-ring (bicyclic) bond motifs is 1. The lowest BCUT2D eigenvalue weighted by Crippen LogP contribution is -2.34. The second-order valence-corrected chi connectivity index (χ2v) is 9.81. The number of anilines is 1. The molecule has 7 N–H and O–H groups in total. The fourth-order valence-corrected chi connectivity index (χ4v) is 4.95. The van der Waals surface area contributed by atoms with Crippen molar-refractivity contribution < 1.29 is 52.3 Å². The van der Waals surface area contributed by atoms with E-state index in [2.05, 4.69) is 28.3 Å². The lowest BCUT2D eigenvalue weighted by atomic mass is 10.1. The Labute approximate surface area is 180 Å². The number of nitrogens with zero attached hydrogens (tertiary/aromatic N) is 4. The number of nitrogens with two attached hydrogens (primary N) is 1. The molecule has 0 bridgehead atoms. The third kappa shape index (κ3) is 6.27. The average Bonchev–Trinajstić information content (AvgIpc) is 3.23. The summed E-state index contributed by atoms with van der Waals surface area (Å²) < 4.78 is 43.5. The van der Waals surface area contributed by atoms with Gasteiger partial charge >= 0.3 is 15.6 Å². The normalized spacial score (nSPS) is 27.4. The molecule has 1 aliphatic heterocycles. The number of hydrogen-bond donors (Lipinski definition) is 6. The Hall–Kier alpha value is -1.55. The molecule has 6 atom stereocenters. The number of rotatable bonds is 11. The molecule has 2 aromatic heterocycles. The zero-order valence-electron chi connectivity index (χ0n) is 16.4. The Kier molecular flexibility index (Phi) is 7.96. The quantitative estimate of drug-likeness (QED) is 0.158. The highest BCUT2D eigenvalue weighted by Gasteiger charge is 2.44. The number of aromatic nitrogens is 4. The van der Waals surface area contributed by atoms with Gasteiger partial charge in [-0.1, -0.05) is 0 Å². The van der Waals surface area contributed by atoms with Crippen LogP contribution in [-0.2, 0) is 33.8 Å². The van der Waals surface area contributed by atoms with Crippen LogP contribution in [0.1, 0.15) is 12.8 Å². The van der Waals surface area contributed by atoms with Crippen LogP contribution < -0.4 is 5.73 Å². The summed E-state index contributed by atoms with van der Waals surface area (Å²) in [5.41, 5.74) is 6.69. The maximum atomic E-state index is 11.9. The number of phosphoric ester groups is 2. The van der Waals surface area contributed by atoms with E-state index < -0.39 is 46.9 Å². The predicted molar refractivity (Wildman–Crippen MR) is 105 cm³/mol. The smallest absolute Gasteiger partial charge is 0.387 e. The van der Waals surface area contributed by atoms with Crippen molar-refractivity contribution in [2.24, 2.45) is 0 Å². The maximum Gasteiger partial charge on any atom is 0.481 e. The monoisotopic (exact) mass is 499 g/mol. The van der Waals surface area contributed by atoms with Crippen LogP contribution in [0, 0.1) is 0 Å². The molecule has 18 heteroatoms. The van der Waals surface area contributed by atoms with Gasteiger partial charge in [-0.2, -0.15) is 4.31 Å². The Bertz CT molecular complexity index is 1020. The van der Waals surface area contributed by atoms with Crippen LogP contribution in [0.25, 0.3) is 11.2 Å². The molecule has 3 unspecified atom stereocenters. The summed E-state index contributed by atoms with van der Waals surface area (Å²) in [5, 5.41) is 28.2. The summed E-state index contributed by atoms with van der Waals surface area (Å²) in [6.07, 6.45) is -2.72. The van der Waals surface area contributed by atoms with Crippen LogP contribution in [0.3, 0.4) is 0 Å². The van der Waals surface area contributed by atoms with Gasteiger partial charge in [0.25, 0.3) is 0 Å². The van der Waals surface area contributed by atoms with Crippen molar-refractivity contribution in [1.82, 2.24) is 19.5 Å². The molecule has 1 aliphatic rings. The van der Waals surface area contributed by atoms with E-state index in [1.54, 1.807) is 4.57 Å². The summed E-state index contributed by atoms with van der Waals surface area (Å²) in [5.74, 6) is 0.243. The van der Waals surface area contributed by atoms with E-state index in [-0.39, 0.29) is 18.8 Å². The molecule has 0 saturated carbocycles. The van der Waals surface area contributed by atoms with E-state index in [9.17, 15) is 34.2 Å². The van der Waals surface area contributed by atoms with Crippen molar-refractivity contribution in [2.75, 3.05) is 18.9 Å². The van der Waals surface area contributed by atoms with E-state index in [1.165, 1.54) is 12.7 Å². The molecule has 16 nitrogen and oxygen atoms in total. The number of aryl methyl sites for hydroxylation is 1. The highest BCUT2D eigenvalue weighted by Crippen LogP contribution is 2.60. The largest absolute Gasteiger partial charge is 0.481 e. The first kappa shape index (κ1) is 25.1.